The van der Waals surface area contributed by atoms with Crippen LogP contribution in [0.4, 0.5) is 0 Å². The second-order valence-corrected chi connectivity index (χ2v) is 4.96. The average Bonchev–Trinajstić information content (AvgIpc) is 3.15. The van der Waals surface area contributed by atoms with Gasteiger partial charge in [-0.25, -0.2) is 0 Å². The molecule has 1 aromatic rings. The summed E-state index contributed by atoms with van der Waals surface area (Å²) in [6, 6.07) is 3.42. The van der Waals surface area contributed by atoms with Crippen LogP contribution in [-0.4, -0.2) is 47.6 Å². The highest BCUT2D eigenvalue weighted by molar-refractivity contribution is 5.91. The van der Waals surface area contributed by atoms with Crippen LogP contribution in [0.25, 0.3) is 6.08 Å². The van der Waals surface area contributed by atoms with E-state index in [1.165, 1.54) is 12.3 Å². The Balaban J connectivity index is 1.69. The molecule has 1 aliphatic heterocycles. The van der Waals surface area contributed by atoms with Crippen molar-refractivity contribution in [3.05, 3.63) is 30.2 Å². The third kappa shape index (κ3) is 4.46. The minimum Gasteiger partial charge on any atom is -0.465 e. The van der Waals surface area contributed by atoms with E-state index in [-0.39, 0.29) is 37.4 Å². The lowest BCUT2D eigenvalue weighted by Crippen LogP contribution is -2.39. The highest BCUT2D eigenvalue weighted by atomic mass is 16.3. The second-order valence-electron chi connectivity index (χ2n) is 4.96. The van der Waals surface area contributed by atoms with Gasteiger partial charge in [0.2, 0.25) is 11.8 Å². The summed E-state index contributed by atoms with van der Waals surface area (Å²) >= 11 is 0. The van der Waals surface area contributed by atoms with Gasteiger partial charge in [-0.05, 0) is 31.1 Å². The Morgan fingerprint density at radius 1 is 1.52 bits per heavy atom. The Kier molecular flexibility index (Phi) is 5.57. The number of hydrogen-bond donors (Lipinski definition) is 2. The molecule has 0 aliphatic carbocycles. The molecule has 0 aromatic carbocycles. The first-order valence-corrected chi connectivity index (χ1v) is 7.10. The molecule has 6 heteroatoms. The van der Waals surface area contributed by atoms with Gasteiger partial charge in [-0.1, -0.05) is 0 Å². The molecule has 0 saturated carbocycles. The summed E-state index contributed by atoms with van der Waals surface area (Å²) in [7, 11) is 0. The minimum atomic E-state index is -0.265. The van der Waals surface area contributed by atoms with Gasteiger partial charge in [0.25, 0.3) is 0 Å². The highest BCUT2D eigenvalue weighted by Gasteiger charge is 2.27. The van der Waals surface area contributed by atoms with Gasteiger partial charge in [0.1, 0.15) is 5.76 Å². The fourth-order valence-corrected chi connectivity index (χ4v) is 2.39. The molecule has 1 fully saturated rings. The molecule has 0 bridgehead atoms. The van der Waals surface area contributed by atoms with Crippen LogP contribution in [0.2, 0.25) is 0 Å². The summed E-state index contributed by atoms with van der Waals surface area (Å²) in [6.45, 7) is 0.981. The summed E-state index contributed by atoms with van der Waals surface area (Å²) < 4.78 is 5.07. The number of furan rings is 1. The summed E-state index contributed by atoms with van der Waals surface area (Å²) in [6.07, 6.45) is 6.49. The Morgan fingerprint density at radius 3 is 3.10 bits per heavy atom. The van der Waals surface area contributed by atoms with E-state index >= 15 is 0 Å². The van der Waals surface area contributed by atoms with Gasteiger partial charge in [0, 0.05) is 25.6 Å². The molecule has 1 saturated heterocycles. The van der Waals surface area contributed by atoms with E-state index in [1.54, 1.807) is 23.1 Å². The molecule has 6 nitrogen and oxygen atoms in total. The largest absolute Gasteiger partial charge is 0.465 e. The van der Waals surface area contributed by atoms with E-state index in [1.807, 2.05) is 0 Å². The van der Waals surface area contributed by atoms with Crippen LogP contribution in [0.1, 0.15) is 25.0 Å². The van der Waals surface area contributed by atoms with E-state index in [0.29, 0.717) is 12.3 Å². The molecule has 0 radical (unpaired) electrons. The number of aliphatic hydroxyl groups is 1. The molecule has 1 atom stereocenters. The molecule has 2 rings (SSSR count). The smallest absolute Gasteiger partial charge is 0.244 e. The average molecular weight is 292 g/mol. The van der Waals surface area contributed by atoms with Crippen LogP contribution < -0.4 is 5.32 Å². The molecule has 0 spiro atoms. The highest BCUT2D eigenvalue weighted by Crippen LogP contribution is 2.17. The van der Waals surface area contributed by atoms with Gasteiger partial charge in [0.05, 0.1) is 18.9 Å². The van der Waals surface area contributed by atoms with Gasteiger partial charge in [-0.15, -0.1) is 0 Å². The van der Waals surface area contributed by atoms with E-state index in [0.717, 1.165) is 12.8 Å². The summed E-state index contributed by atoms with van der Waals surface area (Å²) in [5.41, 5.74) is 0. The predicted octanol–water partition coefficient (Wildman–Crippen LogP) is 0.782. The number of hydrogen-bond acceptors (Lipinski definition) is 4. The zero-order chi connectivity index (χ0) is 15.1. The zero-order valence-electron chi connectivity index (χ0n) is 11.8. The Labute approximate surface area is 123 Å². The summed E-state index contributed by atoms with van der Waals surface area (Å²) in [4.78, 5) is 25.2. The molecular weight excluding hydrogens is 272 g/mol. The minimum absolute atomic E-state index is 0.00395. The summed E-state index contributed by atoms with van der Waals surface area (Å²) in [5, 5.41) is 11.8. The lowest BCUT2D eigenvalue weighted by atomic mass is 10.2. The van der Waals surface area contributed by atoms with Crippen LogP contribution in [0.15, 0.2) is 28.9 Å². The van der Waals surface area contributed by atoms with Gasteiger partial charge in [-0.3, -0.25) is 9.59 Å². The number of amides is 2. The molecular formula is C15H20N2O4. The lowest BCUT2D eigenvalue weighted by molar-refractivity contribution is -0.132. The fourth-order valence-electron chi connectivity index (χ4n) is 2.39. The Hall–Kier alpha value is -2.08. The third-order valence-corrected chi connectivity index (χ3v) is 3.49. The zero-order valence-corrected chi connectivity index (χ0v) is 11.8. The van der Waals surface area contributed by atoms with Crippen molar-refractivity contribution in [2.24, 2.45) is 0 Å². The molecule has 2 N–H and O–H groups in total. The van der Waals surface area contributed by atoms with Crippen molar-refractivity contribution >= 4 is 17.9 Å². The van der Waals surface area contributed by atoms with Gasteiger partial charge >= 0.3 is 0 Å². The van der Waals surface area contributed by atoms with Crippen LogP contribution in [-0.2, 0) is 9.59 Å². The number of aliphatic hydroxyl groups excluding tert-OH is 1. The van der Waals surface area contributed by atoms with Crippen molar-refractivity contribution in [3.8, 4) is 0 Å². The first kappa shape index (κ1) is 15.3. The topological polar surface area (TPSA) is 82.8 Å². The maximum atomic E-state index is 12.0. The number of rotatable bonds is 6. The van der Waals surface area contributed by atoms with Crippen molar-refractivity contribution in [1.29, 1.82) is 0 Å². The van der Waals surface area contributed by atoms with Crippen LogP contribution in [0.3, 0.4) is 0 Å². The van der Waals surface area contributed by atoms with Crippen molar-refractivity contribution < 1.29 is 19.1 Å². The molecule has 0 unspecified atom stereocenters. The number of likely N-dealkylation sites (tertiary alicyclic amines) is 1. The normalized spacial score (nSPS) is 18.3. The van der Waals surface area contributed by atoms with Crippen LogP contribution >= 0.6 is 0 Å². The number of carbonyl (C=O) groups is 2. The number of nitrogens with one attached hydrogen (secondary N) is 1. The molecule has 1 aromatic heterocycles. The third-order valence-electron chi connectivity index (χ3n) is 3.49. The van der Waals surface area contributed by atoms with Crippen molar-refractivity contribution in [3.63, 3.8) is 0 Å². The Morgan fingerprint density at radius 2 is 2.38 bits per heavy atom. The molecule has 2 amide bonds. The number of nitrogens with zero attached hydrogens (tertiary/aromatic N) is 1. The SMILES string of the molecule is O=C(/C=C/c1ccco1)NCCC(=O)N1CCC[C@@H]1CO. The first-order chi connectivity index (χ1) is 10.2. The molecule has 114 valence electrons. The molecule has 1 aliphatic rings. The Bertz CT molecular complexity index is 496. The monoisotopic (exact) mass is 292 g/mol. The molecule has 21 heavy (non-hydrogen) atoms. The first-order valence-electron chi connectivity index (χ1n) is 7.10. The van der Waals surface area contributed by atoms with E-state index < -0.39 is 0 Å². The standard InChI is InChI=1S/C15H20N2O4/c18-11-12-3-1-9-17(12)15(20)7-8-16-14(19)6-5-13-4-2-10-21-13/h2,4-6,10,12,18H,1,3,7-9,11H2,(H,16,19)/b6-5+/t12-/m1/s1. The van der Waals surface area contributed by atoms with E-state index in [4.69, 9.17) is 4.42 Å². The van der Waals surface area contributed by atoms with E-state index in [9.17, 15) is 14.7 Å². The van der Waals surface area contributed by atoms with Crippen LogP contribution in [0.5, 0.6) is 0 Å². The molecule has 2 heterocycles. The van der Waals surface area contributed by atoms with E-state index in [2.05, 4.69) is 5.32 Å². The predicted molar refractivity (Wildman–Crippen MR) is 77.2 cm³/mol. The second kappa shape index (κ2) is 7.64. The van der Waals surface area contributed by atoms with Gasteiger partial charge < -0.3 is 19.7 Å². The quantitative estimate of drug-likeness (QED) is 0.759. The van der Waals surface area contributed by atoms with Crippen molar-refractivity contribution in [1.82, 2.24) is 10.2 Å². The van der Waals surface area contributed by atoms with Gasteiger partial charge in [-0.2, -0.15) is 0 Å². The maximum Gasteiger partial charge on any atom is 0.244 e. The fraction of sp³-hybridized carbons (Fsp3) is 0.467. The lowest BCUT2D eigenvalue weighted by Gasteiger charge is -2.22. The van der Waals surface area contributed by atoms with Gasteiger partial charge in [0.15, 0.2) is 0 Å². The maximum absolute atomic E-state index is 12.0. The van der Waals surface area contributed by atoms with Crippen LogP contribution in [0, 0.1) is 0 Å². The van der Waals surface area contributed by atoms with Crippen molar-refractivity contribution in [2.45, 2.75) is 25.3 Å². The number of carbonyl (C=O) groups excluding carboxylic acids is 2. The van der Waals surface area contributed by atoms with Crippen molar-refractivity contribution in [2.75, 3.05) is 19.7 Å². The summed E-state index contributed by atoms with van der Waals surface area (Å²) in [5.74, 6) is 0.310.